The van der Waals surface area contributed by atoms with E-state index in [9.17, 15) is 14.4 Å². The lowest BCUT2D eigenvalue weighted by molar-refractivity contribution is -0.122. The summed E-state index contributed by atoms with van der Waals surface area (Å²) in [5.74, 6) is 0.809. The molecule has 3 aromatic heterocycles. The molecule has 3 fully saturated rings. The van der Waals surface area contributed by atoms with Gasteiger partial charge < -0.3 is 26.4 Å². The Morgan fingerprint density at radius 2 is 1.00 bits per heavy atom. The topological polar surface area (TPSA) is 215 Å². The summed E-state index contributed by atoms with van der Waals surface area (Å²) >= 11 is 6.15. The second kappa shape index (κ2) is 18.7. The lowest BCUT2D eigenvalue weighted by Gasteiger charge is -2.24. The molecule has 0 aliphatic carbocycles. The van der Waals surface area contributed by atoms with Crippen molar-refractivity contribution in [2.45, 2.75) is 56.7 Å². The molecule has 3 aliphatic heterocycles. The Morgan fingerprint density at radius 1 is 0.607 bits per heavy atom. The summed E-state index contributed by atoms with van der Waals surface area (Å²) in [7, 11) is 1.63. The number of nitrogens with one attached hydrogen (secondary N) is 3. The summed E-state index contributed by atoms with van der Waals surface area (Å²) in [6, 6.07) is 22.4. The smallest absolute Gasteiger partial charge is 0.224 e. The number of nitrogen functional groups attached to an aromatic ring is 1. The van der Waals surface area contributed by atoms with E-state index < -0.39 is 0 Å². The number of ether oxygens (including phenoxy) is 1. The van der Waals surface area contributed by atoms with Gasteiger partial charge in [-0.05, 0) is 61.7 Å². The Morgan fingerprint density at radius 3 is 1.41 bits per heavy atom. The summed E-state index contributed by atoms with van der Waals surface area (Å²) in [6.45, 7) is 11.6. The minimum Gasteiger partial charge on any atom is -0.497 e. The lowest BCUT2D eigenvalue weighted by Crippen LogP contribution is -2.33. The zero-order valence-corrected chi connectivity index (χ0v) is 34.1. The molecule has 3 saturated heterocycles. The van der Waals surface area contributed by atoms with Crippen molar-refractivity contribution >= 4 is 35.0 Å². The van der Waals surface area contributed by atoms with E-state index in [0.29, 0.717) is 72.0 Å². The SMILES string of the molecule is C=C1NC(=O)CCC1n1cc(-c2ccc(N)cc2)nn1.C=C1NC(=O)CCC1n1cc(-c2ccc(OC)cc2)nn1.C=C1NC(=O)CCC1n1cc(-c2ccccc2Cl)nn1. The maximum Gasteiger partial charge on any atom is 0.224 e. The molecular formula is C43H44ClN13O4. The van der Waals surface area contributed by atoms with Crippen LogP contribution in [0.3, 0.4) is 0 Å². The van der Waals surface area contributed by atoms with Crippen LogP contribution in [0.5, 0.6) is 5.75 Å². The highest BCUT2D eigenvalue weighted by Gasteiger charge is 2.27. The summed E-state index contributed by atoms with van der Waals surface area (Å²) < 4.78 is 10.4. The van der Waals surface area contributed by atoms with Gasteiger partial charge in [0, 0.05) is 58.7 Å². The van der Waals surface area contributed by atoms with Crippen molar-refractivity contribution in [1.82, 2.24) is 60.9 Å². The van der Waals surface area contributed by atoms with Gasteiger partial charge in [0.25, 0.3) is 0 Å². The van der Waals surface area contributed by atoms with Gasteiger partial charge in [-0.2, -0.15) is 0 Å². The number of allylic oxidation sites excluding steroid dienone is 3. The monoisotopic (exact) mass is 841 g/mol. The van der Waals surface area contributed by atoms with Crippen LogP contribution in [0.1, 0.15) is 56.7 Å². The molecule has 0 bridgehead atoms. The van der Waals surface area contributed by atoms with Crippen LogP contribution in [-0.4, -0.2) is 69.8 Å². The van der Waals surface area contributed by atoms with E-state index in [4.69, 9.17) is 22.1 Å². The van der Waals surface area contributed by atoms with E-state index >= 15 is 0 Å². The van der Waals surface area contributed by atoms with Crippen LogP contribution in [0.2, 0.25) is 5.02 Å². The zero-order valence-electron chi connectivity index (χ0n) is 33.4. The highest BCUT2D eigenvalue weighted by Crippen LogP contribution is 2.30. The number of hydrogen-bond acceptors (Lipinski definition) is 11. The number of hydrogen-bond donors (Lipinski definition) is 4. The number of anilines is 1. The molecule has 17 nitrogen and oxygen atoms in total. The highest BCUT2D eigenvalue weighted by molar-refractivity contribution is 6.33. The third kappa shape index (κ3) is 10.1. The minimum absolute atomic E-state index is 0.00214. The number of amides is 3. The average molecular weight is 842 g/mol. The number of nitrogens with two attached hydrogens (primary N) is 1. The molecule has 312 valence electrons. The van der Waals surface area contributed by atoms with Gasteiger partial charge in [-0.1, -0.05) is 77.3 Å². The van der Waals surface area contributed by atoms with E-state index in [1.165, 1.54) is 0 Å². The van der Waals surface area contributed by atoms with E-state index in [1.807, 2.05) is 91.4 Å². The highest BCUT2D eigenvalue weighted by atomic mass is 35.5. The fourth-order valence-electron chi connectivity index (χ4n) is 6.94. The first-order chi connectivity index (χ1) is 29.4. The Hall–Kier alpha value is -7.40. The van der Waals surface area contributed by atoms with Crippen LogP contribution in [0.25, 0.3) is 33.8 Å². The number of nitrogens with zero attached hydrogens (tertiary/aromatic N) is 9. The number of aromatic nitrogens is 9. The number of piperidine rings is 3. The van der Waals surface area contributed by atoms with Gasteiger partial charge in [0.1, 0.15) is 22.8 Å². The summed E-state index contributed by atoms with van der Waals surface area (Å²) in [4.78, 5) is 33.9. The summed E-state index contributed by atoms with van der Waals surface area (Å²) in [6.07, 6.45) is 9.02. The molecule has 3 aromatic carbocycles. The standard InChI is InChI=1S/C15H16N4O2.C14H13ClN4O.C14H15N5O/c1-10-14(7-8-15(20)16-10)19-9-13(17-18-19)11-3-5-12(21-2)6-4-11;1-9-13(6-7-14(20)16-9)19-8-12(17-18-19)10-4-2-3-5-11(10)15;1-9-13(6-7-14(20)16-9)19-8-12(17-18-19)10-2-4-11(15)5-3-10/h3-6,9,14H,1,7-8H2,2H3,(H,16,20);2-5,8,13H,1,6-7H2,(H,16,20);2-5,8,13H,1,6-7,15H2,(H,16,20). The van der Waals surface area contributed by atoms with Gasteiger partial charge in [-0.15, -0.1) is 15.3 Å². The number of benzene rings is 3. The van der Waals surface area contributed by atoms with Crippen molar-refractivity contribution in [2.24, 2.45) is 0 Å². The van der Waals surface area contributed by atoms with Crippen molar-refractivity contribution in [1.29, 1.82) is 0 Å². The maximum atomic E-state index is 11.3. The van der Waals surface area contributed by atoms with Gasteiger partial charge in [0.15, 0.2) is 0 Å². The fourth-order valence-corrected chi connectivity index (χ4v) is 7.17. The van der Waals surface area contributed by atoms with Gasteiger partial charge in [0.2, 0.25) is 17.7 Å². The van der Waals surface area contributed by atoms with Crippen LogP contribution < -0.4 is 26.4 Å². The average Bonchev–Trinajstić information content (AvgIpc) is 4.05. The molecule has 9 rings (SSSR count). The van der Waals surface area contributed by atoms with Crippen LogP contribution in [-0.2, 0) is 14.4 Å². The zero-order chi connectivity index (χ0) is 43.0. The Labute approximate surface area is 356 Å². The predicted molar refractivity (Wildman–Crippen MR) is 229 cm³/mol. The molecule has 5 N–H and O–H groups in total. The fraction of sp³-hybridized carbons (Fsp3) is 0.233. The van der Waals surface area contributed by atoms with Crippen molar-refractivity contribution < 1.29 is 19.1 Å². The molecule has 3 aliphatic rings. The molecule has 0 spiro atoms. The number of halogens is 1. The van der Waals surface area contributed by atoms with E-state index in [1.54, 1.807) is 21.2 Å². The molecule has 0 radical (unpaired) electrons. The lowest BCUT2D eigenvalue weighted by atomic mass is 10.0. The molecule has 3 unspecified atom stereocenters. The van der Waals surface area contributed by atoms with Gasteiger partial charge in [-0.3, -0.25) is 14.4 Å². The van der Waals surface area contributed by atoms with Crippen molar-refractivity contribution in [2.75, 3.05) is 12.8 Å². The van der Waals surface area contributed by atoms with Crippen molar-refractivity contribution in [3.8, 4) is 39.5 Å². The quantitative estimate of drug-likeness (QED) is 0.137. The number of carbonyl (C=O) groups is 3. The third-order valence-corrected chi connectivity index (χ3v) is 10.6. The molecule has 0 saturated carbocycles. The van der Waals surface area contributed by atoms with Crippen molar-refractivity contribution in [3.63, 3.8) is 0 Å². The van der Waals surface area contributed by atoms with Crippen LogP contribution in [0.15, 0.2) is 128 Å². The normalized spacial score (nSPS) is 18.8. The van der Waals surface area contributed by atoms with E-state index in [-0.39, 0.29) is 35.8 Å². The number of rotatable bonds is 7. The van der Waals surface area contributed by atoms with E-state index in [0.717, 1.165) is 33.8 Å². The first-order valence-electron chi connectivity index (χ1n) is 19.4. The predicted octanol–water partition coefficient (Wildman–Crippen LogP) is 5.97. The molecule has 3 atom stereocenters. The second-order valence-electron chi connectivity index (χ2n) is 14.5. The van der Waals surface area contributed by atoms with Crippen molar-refractivity contribution in [3.05, 3.63) is 133 Å². The Balaban J connectivity index is 0.000000138. The third-order valence-electron chi connectivity index (χ3n) is 10.3. The first kappa shape index (κ1) is 41.7. The Kier molecular flexibility index (Phi) is 12.8. The minimum atomic E-state index is -0.0589. The van der Waals surface area contributed by atoms with Gasteiger partial charge in [-0.25, -0.2) is 14.0 Å². The molecule has 3 amide bonds. The van der Waals surface area contributed by atoms with Crippen LogP contribution in [0, 0.1) is 0 Å². The van der Waals surface area contributed by atoms with Gasteiger partial charge in [0.05, 0.1) is 48.8 Å². The van der Waals surface area contributed by atoms with Crippen LogP contribution >= 0.6 is 11.6 Å². The molecule has 61 heavy (non-hydrogen) atoms. The molecule has 18 heteroatoms. The second-order valence-corrected chi connectivity index (χ2v) is 14.9. The van der Waals surface area contributed by atoms with E-state index in [2.05, 4.69) is 66.6 Å². The Bertz CT molecular complexity index is 2580. The molecular weight excluding hydrogens is 798 g/mol. The molecule has 6 heterocycles. The maximum absolute atomic E-state index is 11.3. The summed E-state index contributed by atoms with van der Waals surface area (Å²) in [5, 5.41) is 33.8. The van der Waals surface area contributed by atoms with Gasteiger partial charge >= 0.3 is 0 Å². The summed E-state index contributed by atoms with van der Waals surface area (Å²) in [5.41, 5.74) is 13.4. The molecule has 6 aromatic rings. The van der Waals surface area contributed by atoms with Crippen LogP contribution in [0.4, 0.5) is 5.69 Å². The first-order valence-corrected chi connectivity index (χ1v) is 19.8. The number of methoxy groups -OCH3 is 1. The number of carbonyl (C=O) groups excluding carboxylic acids is 3. The largest absolute Gasteiger partial charge is 0.497 e.